The summed E-state index contributed by atoms with van der Waals surface area (Å²) in [5.74, 6) is 0.602. The fourth-order valence-corrected chi connectivity index (χ4v) is 3.61. The molecule has 3 aromatic rings. The number of aromatic nitrogens is 2. The predicted molar refractivity (Wildman–Crippen MR) is 90.4 cm³/mol. The van der Waals surface area contributed by atoms with Gasteiger partial charge in [0.2, 0.25) is 5.58 Å². The molecule has 2 N–H and O–H groups in total. The highest BCUT2D eigenvalue weighted by Gasteiger charge is 2.25. The third kappa shape index (κ3) is 2.58. The fraction of sp³-hybridized carbons (Fsp3) is 0.375. The third-order valence-corrected chi connectivity index (χ3v) is 4.89. The summed E-state index contributed by atoms with van der Waals surface area (Å²) in [5, 5.41) is 10.2. The van der Waals surface area contributed by atoms with Crippen molar-refractivity contribution in [2.75, 3.05) is 13.2 Å². The second-order valence-electron chi connectivity index (χ2n) is 5.88. The molecule has 0 amide bonds. The molecule has 1 aliphatic rings. The van der Waals surface area contributed by atoms with E-state index < -0.39 is 0 Å². The molecule has 0 aliphatic carbocycles. The highest BCUT2D eigenvalue weighted by atomic mass is 79.9. The molecule has 1 aliphatic heterocycles. The van der Waals surface area contributed by atoms with E-state index in [1.54, 1.807) is 0 Å². The van der Waals surface area contributed by atoms with Crippen LogP contribution in [-0.2, 0) is 6.54 Å². The van der Waals surface area contributed by atoms with E-state index in [1.165, 1.54) is 0 Å². The SMILES string of the molecule is O=c1[nH]c(CN2CCC[C@H]2CO)nc2c1oc1ccc(Br)cc12. The molecule has 6 nitrogen and oxygen atoms in total. The van der Waals surface area contributed by atoms with Crippen LogP contribution in [-0.4, -0.2) is 39.2 Å². The van der Waals surface area contributed by atoms with Gasteiger partial charge in [-0.1, -0.05) is 15.9 Å². The standard InChI is InChI=1S/C16H16BrN3O3/c17-9-3-4-12-11(6-9)14-15(23-12)16(22)19-13(18-14)7-20-5-1-2-10(20)8-21/h3-4,6,10,21H,1-2,5,7-8H2,(H,18,19,22)/t10-/m0/s1. The molecule has 1 atom stereocenters. The number of benzene rings is 1. The molecule has 0 saturated carbocycles. The van der Waals surface area contributed by atoms with E-state index >= 15 is 0 Å². The van der Waals surface area contributed by atoms with E-state index in [0.29, 0.717) is 23.5 Å². The first kappa shape index (κ1) is 14.9. The smallest absolute Gasteiger partial charge is 0.294 e. The number of likely N-dealkylation sites (tertiary alicyclic amines) is 1. The quantitative estimate of drug-likeness (QED) is 0.732. The van der Waals surface area contributed by atoms with Gasteiger partial charge in [-0.25, -0.2) is 4.98 Å². The summed E-state index contributed by atoms with van der Waals surface area (Å²) in [6.45, 7) is 1.57. The van der Waals surface area contributed by atoms with Crippen molar-refractivity contribution in [2.24, 2.45) is 0 Å². The van der Waals surface area contributed by atoms with Crippen molar-refractivity contribution < 1.29 is 9.52 Å². The van der Waals surface area contributed by atoms with Crippen LogP contribution in [0.2, 0.25) is 0 Å². The van der Waals surface area contributed by atoms with Crippen molar-refractivity contribution in [1.29, 1.82) is 0 Å². The van der Waals surface area contributed by atoms with E-state index in [0.717, 1.165) is 29.2 Å². The number of H-pyrrole nitrogens is 1. The summed E-state index contributed by atoms with van der Waals surface area (Å²) in [6, 6.07) is 5.74. The van der Waals surface area contributed by atoms with Crippen molar-refractivity contribution in [1.82, 2.24) is 14.9 Å². The molecule has 120 valence electrons. The maximum atomic E-state index is 12.3. The van der Waals surface area contributed by atoms with Gasteiger partial charge in [0, 0.05) is 15.9 Å². The highest BCUT2D eigenvalue weighted by molar-refractivity contribution is 9.10. The normalized spacial score (nSPS) is 19.1. The Morgan fingerprint density at radius 2 is 2.35 bits per heavy atom. The van der Waals surface area contributed by atoms with Gasteiger partial charge in [0.05, 0.1) is 13.2 Å². The number of nitrogens with zero attached hydrogens (tertiary/aromatic N) is 2. The highest BCUT2D eigenvalue weighted by Crippen LogP contribution is 2.28. The van der Waals surface area contributed by atoms with Crippen LogP contribution in [0.25, 0.3) is 22.1 Å². The number of fused-ring (bicyclic) bond motifs is 3. The maximum absolute atomic E-state index is 12.3. The van der Waals surface area contributed by atoms with Gasteiger partial charge in [0.1, 0.15) is 16.9 Å². The molecular formula is C16H16BrN3O3. The van der Waals surface area contributed by atoms with Crippen LogP contribution in [0, 0.1) is 0 Å². The van der Waals surface area contributed by atoms with Crippen LogP contribution in [0.15, 0.2) is 31.9 Å². The van der Waals surface area contributed by atoms with Crippen LogP contribution >= 0.6 is 15.9 Å². The molecule has 4 rings (SSSR count). The minimum absolute atomic E-state index is 0.133. The summed E-state index contributed by atoms with van der Waals surface area (Å²) in [7, 11) is 0. The number of halogens is 1. The number of aliphatic hydroxyl groups excluding tert-OH is 1. The average molecular weight is 378 g/mol. The second-order valence-corrected chi connectivity index (χ2v) is 6.80. The maximum Gasteiger partial charge on any atom is 0.294 e. The first-order valence-corrected chi connectivity index (χ1v) is 8.41. The molecule has 23 heavy (non-hydrogen) atoms. The summed E-state index contributed by atoms with van der Waals surface area (Å²) < 4.78 is 6.54. The van der Waals surface area contributed by atoms with Crippen molar-refractivity contribution in [3.8, 4) is 0 Å². The molecule has 0 spiro atoms. The lowest BCUT2D eigenvalue weighted by Crippen LogP contribution is -2.32. The van der Waals surface area contributed by atoms with Crippen LogP contribution < -0.4 is 5.56 Å². The molecule has 1 saturated heterocycles. The zero-order valence-corrected chi connectivity index (χ0v) is 14.0. The Bertz CT molecular complexity index is 933. The van der Waals surface area contributed by atoms with Gasteiger partial charge in [-0.05, 0) is 37.6 Å². The number of hydrogen-bond acceptors (Lipinski definition) is 5. The topological polar surface area (TPSA) is 82.4 Å². The largest absolute Gasteiger partial charge is 0.449 e. The van der Waals surface area contributed by atoms with E-state index in [1.807, 2.05) is 18.2 Å². The fourth-order valence-electron chi connectivity index (χ4n) is 3.25. The molecule has 1 aromatic carbocycles. The van der Waals surface area contributed by atoms with Crippen LogP contribution in [0.4, 0.5) is 0 Å². The van der Waals surface area contributed by atoms with E-state index in [2.05, 4.69) is 30.8 Å². The van der Waals surface area contributed by atoms with Crippen LogP contribution in [0.3, 0.4) is 0 Å². The Kier molecular flexibility index (Phi) is 3.71. The van der Waals surface area contributed by atoms with Gasteiger partial charge < -0.3 is 14.5 Å². The molecule has 0 unspecified atom stereocenters. The van der Waals surface area contributed by atoms with Gasteiger partial charge in [-0.2, -0.15) is 0 Å². The molecule has 2 aromatic heterocycles. The number of aromatic amines is 1. The molecule has 0 radical (unpaired) electrons. The number of rotatable bonds is 3. The Labute approximate surface area is 140 Å². The van der Waals surface area contributed by atoms with Gasteiger partial charge >= 0.3 is 0 Å². The van der Waals surface area contributed by atoms with Gasteiger partial charge in [-0.3, -0.25) is 9.69 Å². The van der Waals surface area contributed by atoms with Gasteiger partial charge in [0.25, 0.3) is 5.56 Å². The van der Waals surface area contributed by atoms with Gasteiger partial charge in [-0.15, -0.1) is 0 Å². The van der Waals surface area contributed by atoms with Crippen molar-refractivity contribution in [3.63, 3.8) is 0 Å². The zero-order chi connectivity index (χ0) is 16.0. The Morgan fingerprint density at radius 3 is 3.17 bits per heavy atom. The Balaban J connectivity index is 1.80. The monoisotopic (exact) mass is 377 g/mol. The van der Waals surface area contributed by atoms with Crippen molar-refractivity contribution in [3.05, 3.63) is 38.9 Å². The lowest BCUT2D eigenvalue weighted by Gasteiger charge is -2.21. The van der Waals surface area contributed by atoms with E-state index in [9.17, 15) is 9.90 Å². The lowest BCUT2D eigenvalue weighted by atomic mass is 10.2. The summed E-state index contributed by atoms with van der Waals surface area (Å²) in [4.78, 5) is 21.9. The average Bonchev–Trinajstić information content (AvgIpc) is 3.12. The summed E-state index contributed by atoms with van der Waals surface area (Å²) in [5.41, 5.74) is 1.21. The molecular weight excluding hydrogens is 362 g/mol. The molecule has 3 heterocycles. The van der Waals surface area contributed by atoms with E-state index in [4.69, 9.17) is 4.42 Å². The first-order chi connectivity index (χ1) is 11.2. The molecule has 1 fully saturated rings. The number of furan rings is 1. The molecule has 7 heteroatoms. The predicted octanol–water partition coefficient (Wildman–Crippen LogP) is 2.39. The summed E-state index contributed by atoms with van der Waals surface area (Å²) in [6.07, 6.45) is 2.03. The van der Waals surface area contributed by atoms with Crippen molar-refractivity contribution in [2.45, 2.75) is 25.4 Å². The van der Waals surface area contributed by atoms with Gasteiger partial charge in [0.15, 0.2) is 0 Å². The minimum atomic E-state index is -0.267. The lowest BCUT2D eigenvalue weighted by molar-refractivity contribution is 0.151. The van der Waals surface area contributed by atoms with Crippen molar-refractivity contribution >= 4 is 38.0 Å². The zero-order valence-electron chi connectivity index (χ0n) is 12.4. The first-order valence-electron chi connectivity index (χ1n) is 7.61. The Morgan fingerprint density at radius 1 is 1.48 bits per heavy atom. The molecule has 0 bridgehead atoms. The Hall–Kier alpha value is -1.70. The number of nitrogens with one attached hydrogen (secondary N) is 1. The van der Waals surface area contributed by atoms with E-state index in [-0.39, 0.29) is 23.8 Å². The minimum Gasteiger partial charge on any atom is -0.449 e. The second kappa shape index (κ2) is 5.74. The number of hydrogen-bond donors (Lipinski definition) is 2. The summed E-state index contributed by atoms with van der Waals surface area (Å²) >= 11 is 3.44. The van der Waals surface area contributed by atoms with Crippen LogP contribution in [0.1, 0.15) is 18.7 Å². The van der Waals surface area contributed by atoms with Crippen LogP contribution in [0.5, 0.6) is 0 Å². The third-order valence-electron chi connectivity index (χ3n) is 4.40. The number of aliphatic hydroxyl groups is 1.